The predicted molar refractivity (Wildman–Crippen MR) is 68.6 cm³/mol. The van der Waals surface area contributed by atoms with Crippen molar-refractivity contribution < 1.29 is 12.8 Å². The quantitative estimate of drug-likeness (QED) is 0.779. The van der Waals surface area contributed by atoms with Gasteiger partial charge in [0.25, 0.3) is 0 Å². The molecule has 0 saturated carbocycles. The zero-order chi connectivity index (χ0) is 13.8. The molecule has 0 fully saturated rings. The van der Waals surface area contributed by atoms with E-state index < -0.39 is 16.0 Å². The van der Waals surface area contributed by atoms with E-state index in [-0.39, 0.29) is 12.2 Å². The van der Waals surface area contributed by atoms with Crippen molar-refractivity contribution in [2.75, 3.05) is 25.4 Å². The van der Waals surface area contributed by atoms with Crippen molar-refractivity contribution in [3.63, 3.8) is 0 Å². The van der Waals surface area contributed by atoms with Crippen molar-refractivity contribution >= 4 is 15.9 Å². The number of nitrogens with two attached hydrogens (primary N) is 1. The summed E-state index contributed by atoms with van der Waals surface area (Å²) in [5, 5.41) is 0. The van der Waals surface area contributed by atoms with Crippen molar-refractivity contribution in [3.8, 4) is 11.8 Å². The third-order valence-electron chi connectivity index (χ3n) is 2.02. The van der Waals surface area contributed by atoms with E-state index in [1.807, 2.05) is 0 Å². The largest absolute Gasteiger partial charge is 0.320 e. The summed E-state index contributed by atoms with van der Waals surface area (Å²) in [6, 6.07) is 3.98. The predicted octanol–water partition coefficient (Wildman–Crippen LogP) is 0.354. The van der Waals surface area contributed by atoms with Gasteiger partial charge in [0.1, 0.15) is 5.82 Å². The summed E-state index contributed by atoms with van der Waals surface area (Å²) in [6.45, 7) is 0.177. The maximum atomic E-state index is 13.6. The van der Waals surface area contributed by atoms with E-state index in [1.54, 1.807) is 0 Å². The highest BCUT2D eigenvalue weighted by molar-refractivity contribution is 7.90. The van der Waals surface area contributed by atoms with E-state index in [0.717, 1.165) is 10.4 Å². The standard InChI is InChI=1S/C11H14FN3O2S/c1-15(2)18(16,17)14-11-6-5-9(4-3-7-13)8-10(11)12/h5-6,8,14H,7,13H2,1-2H3. The molecule has 1 aromatic carbocycles. The average molecular weight is 271 g/mol. The average Bonchev–Trinajstić information content (AvgIpc) is 2.29. The zero-order valence-electron chi connectivity index (χ0n) is 10.1. The van der Waals surface area contributed by atoms with Crippen LogP contribution >= 0.6 is 0 Å². The van der Waals surface area contributed by atoms with E-state index in [0.29, 0.717) is 5.56 Å². The lowest BCUT2D eigenvalue weighted by Crippen LogP contribution is -2.29. The van der Waals surface area contributed by atoms with Crippen LogP contribution in [-0.4, -0.2) is 33.4 Å². The summed E-state index contributed by atoms with van der Waals surface area (Å²) in [5.74, 6) is 4.55. The van der Waals surface area contributed by atoms with Gasteiger partial charge in [0.15, 0.2) is 0 Å². The highest BCUT2D eigenvalue weighted by atomic mass is 32.2. The molecule has 3 N–H and O–H groups in total. The maximum Gasteiger partial charge on any atom is 0.301 e. The number of hydrogen-bond donors (Lipinski definition) is 2. The molecule has 1 rings (SSSR count). The second kappa shape index (κ2) is 5.82. The van der Waals surface area contributed by atoms with Crippen LogP contribution in [0.4, 0.5) is 10.1 Å². The first kappa shape index (κ1) is 14.4. The van der Waals surface area contributed by atoms with Gasteiger partial charge in [0.2, 0.25) is 0 Å². The summed E-state index contributed by atoms with van der Waals surface area (Å²) in [7, 11) is -1.02. The van der Waals surface area contributed by atoms with Gasteiger partial charge in [-0.05, 0) is 18.2 Å². The molecule has 0 radical (unpaired) electrons. The van der Waals surface area contributed by atoms with Crippen LogP contribution in [0.5, 0.6) is 0 Å². The molecule has 0 unspecified atom stereocenters. The van der Waals surface area contributed by atoms with Crippen LogP contribution in [0.15, 0.2) is 18.2 Å². The topological polar surface area (TPSA) is 75.4 Å². The fraction of sp³-hybridized carbons (Fsp3) is 0.273. The fourth-order valence-corrected chi connectivity index (χ4v) is 1.68. The Morgan fingerprint density at radius 2 is 2.11 bits per heavy atom. The van der Waals surface area contributed by atoms with E-state index in [9.17, 15) is 12.8 Å². The molecule has 98 valence electrons. The van der Waals surface area contributed by atoms with Crippen LogP contribution in [0.1, 0.15) is 5.56 Å². The van der Waals surface area contributed by atoms with Gasteiger partial charge < -0.3 is 5.73 Å². The van der Waals surface area contributed by atoms with Crippen molar-refractivity contribution in [1.82, 2.24) is 4.31 Å². The minimum Gasteiger partial charge on any atom is -0.320 e. The summed E-state index contributed by atoms with van der Waals surface area (Å²) in [5.41, 5.74) is 5.51. The Balaban J connectivity index is 3.00. The van der Waals surface area contributed by atoms with Crippen molar-refractivity contribution in [2.24, 2.45) is 5.73 Å². The number of halogens is 1. The van der Waals surface area contributed by atoms with Crippen molar-refractivity contribution in [3.05, 3.63) is 29.6 Å². The fourth-order valence-electron chi connectivity index (χ4n) is 1.06. The summed E-state index contributed by atoms with van der Waals surface area (Å²) < 4.78 is 39.7. The Morgan fingerprint density at radius 3 is 2.61 bits per heavy atom. The van der Waals surface area contributed by atoms with Gasteiger partial charge in [-0.25, -0.2) is 4.39 Å². The Morgan fingerprint density at radius 1 is 1.44 bits per heavy atom. The molecule has 0 atom stereocenters. The third-order valence-corrected chi connectivity index (χ3v) is 3.46. The van der Waals surface area contributed by atoms with Crippen LogP contribution in [0, 0.1) is 17.7 Å². The number of rotatable bonds is 3. The van der Waals surface area contributed by atoms with Gasteiger partial charge in [-0.1, -0.05) is 11.8 Å². The number of nitrogens with zero attached hydrogens (tertiary/aromatic N) is 1. The van der Waals surface area contributed by atoms with E-state index in [1.165, 1.54) is 26.2 Å². The lowest BCUT2D eigenvalue weighted by molar-refractivity contribution is 0.526. The monoisotopic (exact) mass is 271 g/mol. The first-order chi connectivity index (χ1) is 8.36. The molecule has 0 heterocycles. The van der Waals surface area contributed by atoms with Gasteiger partial charge in [-0.2, -0.15) is 12.7 Å². The molecule has 18 heavy (non-hydrogen) atoms. The second-order valence-corrected chi connectivity index (χ2v) is 5.47. The van der Waals surface area contributed by atoms with Crippen LogP contribution < -0.4 is 10.5 Å². The van der Waals surface area contributed by atoms with E-state index in [4.69, 9.17) is 5.73 Å². The van der Waals surface area contributed by atoms with Gasteiger partial charge in [-0.3, -0.25) is 4.72 Å². The van der Waals surface area contributed by atoms with Gasteiger partial charge in [-0.15, -0.1) is 0 Å². The highest BCUT2D eigenvalue weighted by Crippen LogP contribution is 2.17. The van der Waals surface area contributed by atoms with E-state index >= 15 is 0 Å². The SMILES string of the molecule is CN(C)S(=O)(=O)Nc1ccc(C#CCN)cc1F. The molecule has 1 aromatic rings. The van der Waals surface area contributed by atoms with E-state index in [2.05, 4.69) is 16.6 Å². The smallest absolute Gasteiger partial charge is 0.301 e. The third kappa shape index (κ3) is 3.70. The van der Waals surface area contributed by atoms with Crippen LogP contribution in [0.25, 0.3) is 0 Å². The zero-order valence-corrected chi connectivity index (χ0v) is 10.9. The number of hydrogen-bond acceptors (Lipinski definition) is 3. The molecular weight excluding hydrogens is 257 g/mol. The summed E-state index contributed by atoms with van der Waals surface area (Å²) in [6.07, 6.45) is 0. The van der Waals surface area contributed by atoms with Crippen LogP contribution in [0.3, 0.4) is 0 Å². The number of benzene rings is 1. The molecule has 0 aliphatic carbocycles. The summed E-state index contributed by atoms with van der Waals surface area (Å²) >= 11 is 0. The highest BCUT2D eigenvalue weighted by Gasteiger charge is 2.15. The van der Waals surface area contributed by atoms with Gasteiger partial charge in [0.05, 0.1) is 12.2 Å². The Kier molecular flexibility index (Phi) is 4.67. The van der Waals surface area contributed by atoms with Gasteiger partial charge >= 0.3 is 10.2 Å². The Labute approximate surface area is 106 Å². The number of anilines is 1. The molecule has 0 bridgehead atoms. The number of nitrogens with one attached hydrogen (secondary N) is 1. The minimum absolute atomic E-state index is 0.123. The minimum atomic E-state index is -3.72. The maximum absolute atomic E-state index is 13.6. The van der Waals surface area contributed by atoms with Crippen molar-refractivity contribution in [2.45, 2.75) is 0 Å². The summed E-state index contributed by atoms with van der Waals surface area (Å²) in [4.78, 5) is 0. The van der Waals surface area contributed by atoms with Crippen LogP contribution in [0.2, 0.25) is 0 Å². The van der Waals surface area contributed by atoms with Crippen LogP contribution in [-0.2, 0) is 10.2 Å². The molecule has 5 nitrogen and oxygen atoms in total. The van der Waals surface area contributed by atoms with Gasteiger partial charge in [0, 0.05) is 19.7 Å². The molecular formula is C11H14FN3O2S. The molecule has 0 aromatic heterocycles. The Hall–Kier alpha value is -1.62. The molecule has 0 aliphatic rings. The van der Waals surface area contributed by atoms with Crippen molar-refractivity contribution in [1.29, 1.82) is 0 Å². The second-order valence-electron chi connectivity index (χ2n) is 3.59. The normalized spacial score (nSPS) is 10.9. The first-order valence-corrected chi connectivity index (χ1v) is 6.49. The molecule has 7 heteroatoms. The molecule has 0 amide bonds. The molecule has 0 spiro atoms. The lowest BCUT2D eigenvalue weighted by atomic mass is 10.2. The first-order valence-electron chi connectivity index (χ1n) is 5.05. The molecule has 0 aliphatic heterocycles. The molecule has 0 saturated heterocycles. The Bertz CT molecular complexity index is 588. The lowest BCUT2D eigenvalue weighted by Gasteiger charge is -2.13.